The third kappa shape index (κ3) is 4.12. The van der Waals surface area contributed by atoms with Crippen LogP contribution in [0, 0.1) is 0 Å². The van der Waals surface area contributed by atoms with Crippen molar-refractivity contribution in [2.24, 2.45) is 0 Å². The average molecular weight is 412 g/mol. The summed E-state index contributed by atoms with van der Waals surface area (Å²) < 4.78 is 41.3. The Kier molecular flexibility index (Phi) is 5.39. The zero-order chi connectivity index (χ0) is 21.1. The number of amides is 1. The van der Waals surface area contributed by atoms with Crippen molar-refractivity contribution in [1.82, 2.24) is 14.9 Å². The Balaban J connectivity index is 1.57. The number of carbonyl (C=O) groups is 1. The summed E-state index contributed by atoms with van der Waals surface area (Å²) >= 11 is 0. The summed E-state index contributed by atoms with van der Waals surface area (Å²) in [6, 6.07) is 14.4. The summed E-state index contributed by atoms with van der Waals surface area (Å²) in [6.45, 7) is 1.52. The number of nitrogens with zero attached hydrogens (tertiary/aromatic N) is 4. The minimum absolute atomic E-state index is 0.300. The van der Waals surface area contributed by atoms with E-state index in [0.29, 0.717) is 43.3 Å². The summed E-state index contributed by atoms with van der Waals surface area (Å²) in [4.78, 5) is 24.7. The van der Waals surface area contributed by atoms with Crippen molar-refractivity contribution < 1.29 is 18.0 Å². The molecule has 0 atom stereocenters. The van der Waals surface area contributed by atoms with E-state index in [-0.39, 0.29) is 5.56 Å². The van der Waals surface area contributed by atoms with Gasteiger partial charge in [0.25, 0.3) is 5.91 Å². The summed E-state index contributed by atoms with van der Waals surface area (Å²) in [6.07, 6.45) is -1.37. The van der Waals surface area contributed by atoms with Crippen LogP contribution in [-0.4, -0.2) is 47.0 Å². The van der Waals surface area contributed by atoms with Crippen molar-refractivity contribution in [3.05, 3.63) is 78.1 Å². The van der Waals surface area contributed by atoms with Crippen molar-refractivity contribution in [2.75, 3.05) is 31.1 Å². The molecule has 30 heavy (non-hydrogen) atoms. The lowest BCUT2D eigenvalue weighted by Gasteiger charge is -2.35. The van der Waals surface area contributed by atoms with Gasteiger partial charge in [-0.3, -0.25) is 4.79 Å². The molecule has 0 unspecified atom stereocenters. The predicted molar refractivity (Wildman–Crippen MR) is 107 cm³/mol. The van der Waals surface area contributed by atoms with Crippen molar-refractivity contribution in [2.45, 2.75) is 6.18 Å². The molecule has 0 radical (unpaired) electrons. The second kappa shape index (κ2) is 8.14. The molecule has 0 spiro atoms. The molecular formula is C22H19F3N4O. The largest absolute Gasteiger partial charge is 0.417 e. The number of anilines is 1. The molecule has 8 heteroatoms. The lowest BCUT2D eigenvalue weighted by atomic mass is 9.98. The van der Waals surface area contributed by atoms with Gasteiger partial charge in [-0.25, -0.2) is 9.97 Å². The van der Waals surface area contributed by atoms with Crippen LogP contribution in [-0.2, 0) is 6.18 Å². The lowest BCUT2D eigenvalue weighted by molar-refractivity contribution is -0.138. The van der Waals surface area contributed by atoms with Gasteiger partial charge >= 0.3 is 6.18 Å². The number of benzene rings is 2. The molecule has 1 aliphatic heterocycles. The van der Waals surface area contributed by atoms with Gasteiger partial charge in [0.1, 0.15) is 0 Å². The monoisotopic (exact) mass is 412 g/mol. The summed E-state index contributed by atoms with van der Waals surface area (Å²) in [5.41, 5.74) is -0.154. The minimum atomic E-state index is -4.63. The quantitative estimate of drug-likeness (QED) is 0.649. The van der Waals surface area contributed by atoms with Crippen molar-refractivity contribution >= 4 is 11.9 Å². The number of hydrogen-bond acceptors (Lipinski definition) is 4. The second-order valence-electron chi connectivity index (χ2n) is 6.95. The molecule has 0 saturated carbocycles. The van der Waals surface area contributed by atoms with Gasteiger partial charge < -0.3 is 9.80 Å². The SMILES string of the molecule is O=C(c1ccc(-c2ccccc2)cc1C(F)(F)F)N1CCN(c2ncccn2)CC1. The van der Waals surface area contributed by atoms with Crippen LogP contribution < -0.4 is 4.90 Å². The van der Waals surface area contributed by atoms with E-state index in [0.717, 1.165) is 6.07 Å². The Bertz CT molecular complexity index is 1020. The molecule has 2 aromatic carbocycles. The van der Waals surface area contributed by atoms with Crippen LogP contribution in [0.25, 0.3) is 11.1 Å². The highest BCUT2D eigenvalue weighted by Gasteiger charge is 2.37. The lowest BCUT2D eigenvalue weighted by Crippen LogP contribution is -2.49. The van der Waals surface area contributed by atoms with E-state index in [1.165, 1.54) is 11.0 Å². The average Bonchev–Trinajstić information content (AvgIpc) is 2.79. The molecule has 154 valence electrons. The van der Waals surface area contributed by atoms with Crippen LogP contribution in [0.15, 0.2) is 67.0 Å². The third-order valence-electron chi connectivity index (χ3n) is 5.06. The smallest absolute Gasteiger partial charge is 0.337 e. The van der Waals surface area contributed by atoms with Crippen molar-refractivity contribution in [1.29, 1.82) is 0 Å². The molecule has 1 aliphatic rings. The van der Waals surface area contributed by atoms with E-state index in [2.05, 4.69) is 9.97 Å². The molecule has 1 amide bonds. The first-order valence-corrected chi connectivity index (χ1v) is 9.51. The van der Waals surface area contributed by atoms with E-state index in [1.807, 2.05) is 4.90 Å². The van der Waals surface area contributed by atoms with Gasteiger partial charge in [-0.05, 0) is 29.3 Å². The number of carbonyl (C=O) groups excluding carboxylic acids is 1. The highest BCUT2D eigenvalue weighted by molar-refractivity contribution is 5.96. The van der Waals surface area contributed by atoms with Gasteiger partial charge in [0, 0.05) is 38.6 Å². The van der Waals surface area contributed by atoms with Gasteiger partial charge in [0.05, 0.1) is 11.1 Å². The maximum Gasteiger partial charge on any atom is 0.417 e. The fraction of sp³-hybridized carbons (Fsp3) is 0.227. The Morgan fingerprint density at radius 3 is 2.13 bits per heavy atom. The Hall–Kier alpha value is -3.42. The van der Waals surface area contributed by atoms with E-state index in [4.69, 9.17) is 0 Å². The summed E-state index contributed by atoms with van der Waals surface area (Å²) in [5.74, 6) is -0.0663. The second-order valence-corrected chi connectivity index (χ2v) is 6.95. The first kappa shape index (κ1) is 19.9. The Morgan fingerprint density at radius 1 is 0.833 bits per heavy atom. The Morgan fingerprint density at radius 2 is 1.50 bits per heavy atom. The number of rotatable bonds is 3. The zero-order valence-corrected chi connectivity index (χ0v) is 16.0. The van der Waals surface area contributed by atoms with Crippen LogP contribution >= 0.6 is 0 Å². The van der Waals surface area contributed by atoms with Gasteiger partial charge in [-0.15, -0.1) is 0 Å². The standard InChI is InChI=1S/C22H19F3N4O/c23-22(24,25)19-15-17(16-5-2-1-3-6-16)7-8-18(19)20(30)28-11-13-29(14-12-28)21-26-9-4-10-27-21/h1-10,15H,11-14H2. The highest BCUT2D eigenvalue weighted by Crippen LogP contribution is 2.35. The molecule has 1 aromatic heterocycles. The molecule has 0 N–H and O–H groups in total. The summed E-state index contributed by atoms with van der Waals surface area (Å²) in [5, 5.41) is 0. The summed E-state index contributed by atoms with van der Waals surface area (Å²) in [7, 11) is 0. The van der Waals surface area contributed by atoms with Crippen molar-refractivity contribution in [3.63, 3.8) is 0 Å². The molecule has 3 aromatic rings. The molecule has 5 nitrogen and oxygen atoms in total. The van der Waals surface area contributed by atoms with E-state index in [1.54, 1.807) is 54.9 Å². The third-order valence-corrected chi connectivity index (χ3v) is 5.06. The Labute approximate surface area is 171 Å². The van der Waals surface area contributed by atoms with Crippen LogP contribution in [0.1, 0.15) is 15.9 Å². The van der Waals surface area contributed by atoms with Gasteiger partial charge in [-0.2, -0.15) is 13.2 Å². The van der Waals surface area contributed by atoms with E-state index >= 15 is 0 Å². The molecule has 0 aliphatic carbocycles. The molecule has 1 saturated heterocycles. The van der Waals surface area contributed by atoms with Crippen molar-refractivity contribution in [3.8, 4) is 11.1 Å². The predicted octanol–water partition coefficient (Wildman–Crippen LogP) is 4.12. The maximum absolute atomic E-state index is 13.8. The molecule has 0 bridgehead atoms. The molecule has 1 fully saturated rings. The topological polar surface area (TPSA) is 49.3 Å². The first-order chi connectivity index (χ1) is 14.4. The van der Waals surface area contributed by atoms with Gasteiger partial charge in [0.2, 0.25) is 5.95 Å². The van der Waals surface area contributed by atoms with E-state index < -0.39 is 17.6 Å². The van der Waals surface area contributed by atoms with Gasteiger partial charge in [0.15, 0.2) is 0 Å². The first-order valence-electron chi connectivity index (χ1n) is 9.51. The van der Waals surface area contributed by atoms with Gasteiger partial charge in [-0.1, -0.05) is 36.4 Å². The molecular weight excluding hydrogens is 393 g/mol. The number of aromatic nitrogens is 2. The molecule has 4 rings (SSSR count). The molecule has 2 heterocycles. The highest BCUT2D eigenvalue weighted by atomic mass is 19.4. The number of piperazine rings is 1. The number of halogens is 3. The van der Waals surface area contributed by atoms with Crippen LogP contribution in [0.5, 0.6) is 0 Å². The number of alkyl halides is 3. The fourth-order valence-electron chi connectivity index (χ4n) is 3.51. The number of hydrogen-bond donors (Lipinski definition) is 0. The normalized spacial score (nSPS) is 14.6. The maximum atomic E-state index is 13.8. The van der Waals surface area contributed by atoms with Crippen LogP contribution in [0.2, 0.25) is 0 Å². The fourth-order valence-corrected chi connectivity index (χ4v) is 3.51. The van der Waals surface area contributed by atoms with Crippen LogP contribution in [0.3, 0.4) is 0 Å². The van der Waals surface area contributed by atoms with Crippen LogP contribution in [0.4, 0.5) is 19.1 Å². The minimum Gasteiger partial charge on any atom is -0.337 e. The van der Waals surface area contributed by atoms with E-state index in [9.17, 15) is 18.0 Å². The zero-order valence-electron chi connectivity index (χ0n) is 16.0.